The van der Waals surface area contributed by atoms with Gasteiger partial charge in [0.2, 0.25) is 0 Å². The number of aromatic nitrogens is 3. The number of hydrogen-bond donors (Lipinski definition) is 0. The van der Waals surface area contributed by atoms with Gasteiger partial charge < -0.3 is 9.47 Å². The van der Waals surface area contributed by atoms with Crippen molar-refractivity contribution in [3.05, 3.63) is 42.6 Å². The van der Waals surface area contributed by atoms with Crippen molar-refractivity contribution in [3.63, 3.8) is 0 Å². The van der Waals surface area contributed by atoms with E-state index in [1.807, 2.05) is 29.1 Å². The molecule has 0 spiro atoms. The summed E-state index contributed by atoms with van der Waals surface area (Å²) in [4.78, 5) is 0. The van der Waals surface area contributed by atoms with Crippen molar-refractivity contribution in [2.24, 2.45) is 0 Å². The molecule has 2 heterocycles. The van der Waals surface area contributed by atoms with Crippen molar-refractivity contribution in [3.8, 4) is 17.0 Å². The lowest BCUT2D eigenvalue weighted by molar-refractivity contribution is 0.184. The fourth-order valence-electron chi connectivity index (χ4n) is 2.99. The fraction of sp³-hybridized carbons (Fsp3) is 0.294. The highest BCUT2D eigenvalue weighted by Crippen LogP contribution is 2.36. The van der Waals surface area contributed by atoms with Crippen LogP contribution in [-0.2, 0) is 4.74 Å². The van der Waals surface area contributed by atoms with Gasteiger partial charge >= 0.3 is 0 Å². The number of fused-ring (bicyclic) bond motifs is 1. The average molecular weight is 295 g/mol. The summed E-state index contributed by atoms with van der Waals surface area (Å²) < 4.78 is 12.9. The van der Waals surface area contributed by atoms with Gasteiger partial charge in [0, 0.05) is 6.61 Å². The molecule has 3 aromatic rings. The number of nitrogens with zero attached hydrogens (tertiary/aromatic N) is 3. The fourth-order valence-corrected chi connectivity index (χ4v) is 2.99. The second kappa shape index (κ2) is 5.42. The Labute approximate surface area is 128 Å². The van der Waals surface area contributed by atoms with E-state index in [0.717, 1.165) is 40.8 Å². The Hall–Kier alpha value is -2.40. The van der Waals surface area contributed by atoms with Crippen LogP contribution in [0.25, 0.3) is 22.0 Å². The number of rotatable bonds is 3. The largest absolute Gasteiger partial charge is 0.496 e. The van der Waals surface area contributed by atoms with Crippen LogP contribution in [0.2, 0.25) is 0 Å². The molecule has 0 aliphatic carbocycles. The zero-order chi connectivity index (χ0) is 14.9. The second-order valence-corrected chi connectivity index (χ2v) is 5.47. The van der Waals surface area contributed by atoms with Crippen molar-refractivity contribution in [2.45, 2.75) is 12.5 Å². The molecule has 1 fully saturated rings. The van der Waals surface area contributed by atoms with Gasteiger partial charge in [0.1, 0.15) is 11.4 Å². The van der Waals surface area contributed by atoms with Crippen LogP contribution in [0.15, 0.2) is 42.6 Å². The van der Waals surface area contributed by atoms with E-state index in [-0.39, 0.29) is 6.04 Å². The van der Waals surface area contributed by atoms with Crippen LogP contribution in [0.3, 0.4) is 0 Å². The first kappa shape index (κ1) is 13.3. The highest BCUT2D eigenvalue weighted by molar-refractivity contribution is 5.98. The standard InChI is InChI=1S/C17H17N3O2/c1-21-16-7-6-12-4-2-3-5-14(12)17(16)15-10-20(19-18-15)13-8-9-22-11-13/h2-7,10,13H,8-9,11H2,1H3/t13-/m1/s1. The lowest BCUT2D eigenvalue weighted by Crippen LogP contribution is -2.08. The quantitative estimate of drug-likeness (QED) is 0.745. The third kappa shape index (κ3) is 2.14. The van der Waals surface area contributed by atoms with Crippen molar-refractivity contribution in [1.82, 2.24) is 15.0 Å². The summed E-state index contributed by atoms with van der Waals surface area (Å²) >= 11 is 0. The Morgan fingerprint density at radius 2 is 2.14 bits per heavy atom. The third-order valence-electron chi connectivity index (χ3n) is 4.16. The van der Waals surface area contributed by atoms with E-state index in [4.69, 9.17) is 9.47 Å². The van der Waals surface area contributed by atoms with Crippen molar-refractivity contribution in [1.29, 1.82) is 0 Å². The Balaban J connectivity index is 1.86. The van der Waals surface area contributed by atoms with E-state index in [0.29, 0.717) is 6.61 Å². The van der Waals surface area contributed by atoms with Crippen LogP contribution >= 0.6 is 0 Å². The molecule has 0 bridgehead atoms. The molecule has 1 aromatic heterocycles. The highest BCUT2D eigenvalue weighted by Gasteiger charge is 2.21. The molecule has 1 aliphatic rings. The van der Waals surface area contributed by atoms with E-state index in [1.54, 1.807) is 7.11 Å². The van der Waals surface area contributed by atoms with Gasteiger partial charge in [-0.2, -0.15) is 0 Å². The van der Waals surface area contributed by atoms with Gasteiger partial charge in [-0.05, 0) is 23.3 Å². The van der Waals surface area contributed by atoms with Gasteiger partial charge in [-0.25, -0.2) is 4.68 Å². The monoisotopic (exact) mass is 295 g/mol. The van der Waals surface area contributed by atoms with Crippen molar-refractivity contribution in [2.75, 3.05) is 20.3 Å². The van der Waals surface area contributed by atoms with Gasteiger partial charge in [-0.1, -0.05) is 35.5 Å². The average Bonchev–Trinajstić information content (AvgIpc) is 3.24. The third-order valence-corrected chi connectivity index (χ3v) is 4.16. The zero-order valence-electron chi connectivity index (χ0n) is 12.4. The van der Waals surface area contributed by atoms with E-state index in [2.05, 4.69) is 28.5 Å². The Morgan fingerprint density at radius 1 is 1.23 bits per heavy atom. The maximum Gasteiger partial charge on any atom is 0.129 e. The molecule has 0 unspecified atom stereocenters. The predicted octanol–water partition coefficient (Wildman–Crippen LogP) is 3.07. The normalized spacial score (nSPS) is 18.0. The lowest BCUT2D eigenvalue weighted by Gasteiger charge is -2.10. The zero-order valence-corrected chi connectivity index (χ0v) is 12.4. The molecule has 1 aliphatic heterocycles. The lowest BCUT2D eigenvalue weighted by atomic mass is 10.0. The maximum absolute atomic E-state index is 5.54. The molecule has 1 saturated heterocycles. The molecule has 5 nitrogen and oxygen atoms in total. The minimum atomic E-state index is 0.280. The van der Waals surface area contributed by atoms with Gasteiger partial charge in [0.05, 0.1) is 31.5 Å². The molecular weight excluding hydrogens is 278 g/mol. The number of benzene rings is 2. The van der Waals surface area contributed by atoms with E-state index < -0.39 is 0 Å². The highest BCUT2D eigenvalue weighted by atomic mass is 16.5. The van der Waals surface area contributed by atoms with Gasteiger partial charge in [0.25, 0.3) is 0 Å². The second-order valence-electron chi connectivity index (χ2n) is 5.47. The van der Waals surface area contributed by atoms with Crippen LogP contribution in [-0.4, -0.2) is 35.3 Å². The molecule has 0 saturated carbocycles. The molecule has 1 atom stereocenters. The Kier molecular flexibility index (Phi) is 3.27. The van der Waals surface area contributed by atoms with E-state index in [1.165, 1.54) is 0 Å². The molecule has 4 rings (SSSR count). The van der Waals surface area contributed by atoms with Crippen molar-refractivity contribution >= 4 is 10.8 Å². The molecular formula is C17H17N3O2. The summed E-state index contributed by atoms with van der Waals surface area (Å²) in [6, 6.07) is 12.6. The van der Waals surface area contributed by atoms with Crippen LogP contribution in [0.1, 0.15) is 12.5 Å². The Morgan fingerprint density at radius 3 is 2.95 bits per heavy atom. The topological polar surface area (TPSA) is 49.2 Å². The summed E-state index contributed by atoms with van der Waals surface area (Å²) in [6.07, 6.45) is 2.97. The molecule has 0 amide bonds. The smallest absolute Gasteiger partial charge is 0.129 e. The number of ether oxygens (including phenoxy) is 2. The summed E-state index contributed by atoms with van der Waals surface area (Å²) in [5, 5.41) is 10.9. The van der Waals surface area contributed by atoms with Crippen LogP contribution in [0.4, 0.5) is 0 Å². The molecule has 5 heteroatoms. The van der Waals surface area contributed by atoms with Gasteiger partial charge in [-0.3, -0.25) is 0 Å². The van der Waals surface area contributed by atoms with E-state index >= 15 is 0 Å². The van der Waals surface area contributed by atoms with Gasteiger partial charge in [0.15, 0.2) is 0 Å². The van der Waals surface area contributed by atoms with Crippen molar-refractivity contribution < 1.29 is 9.47 Å². The van der Waals surface area contributed by atoms with Gasteiger partial charge in [-0.15, -0.1) is 5.10 Å². The minimum absolute atomic E-state index is 0.280. The summed E-state index contributed by atoms with van der Waals surface area (Å²) in [5.41, 5.74) is 1.83. The molecule has 2 aromatic carbocycles. The number of hydrogen-bond acceptors (Lipinski definition) is 4. The molecule has 0 N–H and O–H groups in total. The first-order valence-corrected chi connectivity index (χ1v) is 7.42. The predicted molar refractivity (Wildman–Crippen MR) is 84.0 cm³/mol. The summed E-state index contributed by atoms with van der Waals surface area (Å²) in [6.45, 7) is 1.49. The summed E-state index contributed by atoms with van der Waals surface area (Å²) in [7, 11) is 1.68. The SMILES string of the molecule is COc1ccc2ccccc2c1-c1cn([C@@H]2CCOC2)nn1. The molecule has 22 heavy (non-hydrogen) atoms. The minimum Gasteiger partial charge on any atom is -0.496 e. The maximum atomic E-state index is 5.54. The van der Waals surface area contributed by atoms with E-state index in [9.17, 15) is 0 Å². The van der Waals surface area contributed by atoms with Crippen LogP contribution in [0.5, 0.6) is 5.75 Å². The Bertz CT molecular complexity index is 807. The van der Waals surface area contributed by atoms with Crippen LogP contribution < -0.4 is 4.74 Å². The first-order valence-electron chi connectivity index (χ1n) is 7.42. The number of methoxy groups -OCH3 is 1. The summed E-state index contributed by atoms with van der Waals surface area (Å²) in [5.74, 6) is 0.813. The first-order chi connectivity index (χ1) is 10.9. The molecule has 112 valence electrons. The molecule has 0 radical (unpaired) electrons. The van der Waals surface area contributed by atoms with Crippen LogP contribution in [0, 0.1) is 0 Å².